The fourth-order valence-electron chi connectivity index (χ4n) is 2.76. The van der Waals surface area contributed by atoms with Crippen molar-refractivity contribution in [1.29, 1.82) is 0 Å². The van der Waals surface area contributed by atoms with Gasteiger partial charge in [-0.15, -0.1) is 0 Å². The Hall–Kier alpha value is -0.830. The van der Waals surface area contributed by atoms with Gasteiger partial charge in [0.15, 0.2) is 9.84 Å². The Morgan fingerprint density at radius 3 is 2.43 bits per heavy atom. The van der Waals surface area contributed by atoms with Gasteiger partial charge in [-0.25, -0.2) is 8.42 Å². The first-order valence-electron chi connectivity index (χ1n) is 6.95. The lowest BCUT2D eigenvalue weighted by atomic mass is 9.94. The monoisotopic (exact) mass is 328 g/mol. The van der Waals surface area contributed by atoms with Crippen LogP contribution in [0.25, 0.3) is 0 Å². The van der Waals surface area contributed by atoms with E-state index >= 15 is 0 Å². The molecule has 21 heavy (non-hydrogen) atoms. The van der Waals surface area contributed by atoms with Gasteiger partial charge in [-0.3, -0.25) is 4.79 Å². The Bertz CT molecular complexity index is 484. The third-order valence-corrected chi connectivity index (χ3v) is 5.92. The highest BCUT2D eigenvalue weighted by Gasteiger charge is 2.42. The Morgan fingerprint density at radius 2 is 1.95 bits per heavy atom. The largest absolute Gasteiger partial charge is 0.393 e. The topological polar surface area (TPSA) is 75.3 Å². The molecule has 2 rings (SSSR count). The van der Waals surface area contributed by atoms with E-state index in [2.05, 4.69) is 10.6 Å². The molecule has 3 atom stereocenters. The molecule has 0 spiro atoms. The Labute approximate surface area is 121 Å². The second-order valence-electron chi connectivity index (χ2n) is 5.79. The van der Waals surface area contributed by atoms with Crippen LogP contribution >= 0.6 is 0 Å². The zero-order valence-corrected chi connectivity index (χ0v) is 12.3. The minimum atomic E-state index is -4.23. The Kier molecular flexibility index (Phi) is 4.82. The number of nitrogens with one attached hydrogen (secondary N) is 2. The highest BCUT2D eigenvalue weighted by molar-refractivity contribution is 7.91. The van der Waals surface area contributed by atoms with E-state index in [0.29, 0.717) is 6.42 Å². The molecule has 2 aliphatic heterocycles. The maximum atomic E-state index is 12.5. The molecule has 0 aromatic rings. The molecule has 122 valence electrons. The van der Waals surface area contributed by atoms with E-state index in [9.17, 15) is 26.4 Å². The van der Waals surface area contributed by atoms with Crippen LogP contribution in [0.15, 0.2) is 0 Å². The minimum absolute atomic E-state index is 0.0631. The predicted octanol–water partition coefficient (Wildman–Crippen LogP) is 0.468. The number of halogens is 3. The van der Waals surface area contributed by atoms with Gasteiger partial charge in [0, 0.05) is 13.1 Å². The van der Waals surface area contributed by atoms with Crippen LogP contribution in [0.4, 0.5) is 13.2 Å². The van der Waals surface area contributed by atoms with E-state index in [4.69, 9.17) is 0 Å². The molecular weight excluding hydrogens is 309 g/mol. The van der Waals surface area contributed by atoms with Crippen LogP contribution in [-0.2, 0) is 14.6 Å². The average molecular weight is 328 g/mol. The van der Waals surface area contributed by atoms with E-state index in [1.807, 2.05) is 0 Å². The fraction of sp³-hybridized carbons (Fsp3) is 0.917. The molecule has 2 saturated heterocycles. The summed E-state index contributed by atoms with van der Waals surface area (Å²) < 4.78 is 60.1. The van der Waals surface area contributed by atoms with Crippen molar-refractivity contribution in [3.63, 3.8) is 0 Å². The summed E-state index contributed by atoms with van der Waals surface area (Å²) in [4.78, 5) is 11.9. The first-order valence-corrected chi connectivity index (χ1v) is 8.78. The van der Waals surface area contributed by atoms with Gasteiger partial charge >= 0.3 is 6.18 Å². The zero-order chi connectivity index (χ0) is 15.7. The molecule has 9 heteroatoms. The number of carbonyl (C=O) groups excluding carboxylic acids is 1. The number of alkyl halides is 3. The highest BCUT2D eigenvalue weighted by Crippen LogP contribution is 2.31. The highest BCUT2D eigenvalue weighted by atomic mass is 32.2. The lowest BCUT2D eigenvalue weighted by Gasteiger charge is -2.30. The predicted molar refractivity (Wildman–Crippen MR) is 70.3 cm³/mol. The normalized spacial score (nSPS) is 32.8. The van der Waals surface area contributed by atoms with Gasteiger partial charge in [0.2, 0.25) is 5.91 Å². The van der Waals surface area contributed by atoms with Crippen molar-refractivity contribution < 1.29 is 26.4 Å². The van der Waals surface area contributed by atoms with Gasteiger partial charge in [0.25, 0.3) is 0 Å². The second-order valence-corrected chi connectivity index (χ2v) is 8.02. The van der Waals surface area contributed by atoms with Crippen molar-refractivity contribution in [2.24, 2.45) is 11.8 Å². The molecule has 0 saturated carbocycles. The maximum Gasteiger partial charge on any atom is 0.393 e. The number of piperidine rings is 1. The van der Waals surface area contributed by atoms with Crippen LogP contribution in [0.3, 0.4) is 0 Å². The Balaban J connectivity index is 1.73. The van der Waals surface area contributed by atoms with Crippen LogP contribution in [0.5, 0.6) is 0 Å². The summed E-state index contributed by atoms with van der Waals surface area (Å²) >= 11 is 0. The van der Waals surface area contributed by atoms with E-state index in [1.54, 1.807) is 0 Å². The second kappa shape index (κ2) is 6.12. The molecule has 2 heterocycles. The van der Waals surface area contributed by atoms with E-state index in [1.165, 1.54) is 0 Å². The van der Waals surface area contributed by atoms with Gasteiger partial charge in [-0.2, -0.15) is 13.2 Å². The molecule has 0 aromatic carbocycles. The standard InChI is InChI=1S/C12H19F3N2O3S/c13-12(14,15)9-1-2-10(16-6-9)11(18)17-5-8-3-4-21(19,20)7-8/h8-10,16H,1-7H2,(H,17,18). The lowest BCUT2D eigenvalue weighted by Crippen LogP contribution is -2.51. The molecule has 1 amide bonds. The van der Waals surface area contributed by atoms with Crippen LogP contribution in [0.1, 0.15) is 19.3 Å². The van der Waals surface area contributed by atoms with E-state index in [0.717, 1.165) is 0 Å². The lowest BCUT2D eigenvalue weighted by molar-refractivity contribution is -0.180. The van der Waals surface area contributed by atoms with Gasteiger partial charge in [0.1, 0.15) is 0 Å². The molecule has 2 fully saturated rings. The number of rotatable bonds is 3. The SMILES string of the molecule is O=C(NCC1CCS(=O)(=O)C1)C1CCC(C(F)(F)F)CN1. The van der Waals surface area contributed by atoms with E-state index < -0.39 is 28.0 Å². The fourth-order valence-corrected chi connectivity index (χ4v) is 4.62. The van der Waals surface area contributed by atoms with Crippen molar-refractivity contribution in [2.75, 3.05) is 24.6 Å². The molecule has 0 radical (unpaired) electrons. The van der Waals surface area contributed by atoms with Gasteiger partial charge < -0.3 is 10.6 Å². The number of carbonyl (C=O) groups is 1. The number of hydrogen-bond donors (Lipinski definition) is 2. The van der Waals surface area contributed by atoms with E-state index in [-0.39, 0.29) is 49.3 Å². The van der Waals surface area contributed by atoms with Crippen molar-refractivity contribution in [1.82, 2.24) is 10.6 Å². The van der Waals surface area contributed by atoms with Gasteiger partial charge in [0.05, 0.1) is 23.5 Å². The molecule has 2 aliphatic rings. The van der Waals surface area contributed by atoms with Gasteiger partial charge in [-0.05, 0) is 25.2 Å². The average Bonchev–Trinajstić information content (AvgIpc) is 2.75. The first-order chi connectivity index (χ1) is 9.67. The first kappa shape index (κ1) is 16.5. The summed E-state index contributed by atoms with van der Waals surface area (Å²) in [5.74, 6) is -1.63. The van der Waals surface area contributed by atoms with Crippen LogP contribution in [0, 0.1) is 11.8 Å². The maximum absolute atomic E-state index is 12.5. The van der Waals surface area contributed by atoms with Crippen LogP contribution in [-0.4, -0.2) is 51.1 Å². The number of amides is 1. The molecule has 5 nitrogen and oxygen atoms in total. The van der Waals surface area contributed by atoms with Crippen molar-refractivity contribution >= 4 is 15.7 Å². The quantitative estimate of drug-likeness (QED) is 0.790. The summed E-state index contributed by atoms with van der Waals surface area (Å²) in [5, 5.41) is 5.26. The van der Waals surface area contributed by atoms with Crippen LogP contribution < -0.4 is 10.6 Å². The summed E-state index contributed by atoms with van der Waals surface area (Å²) in [6.07, 6.45) is -3.63. The summed E-state index contributed by atoms with van der Waals surface area (Å²) in [6.45, 7) is 0.0122. The van der Waals surface area contributed by atoms with Crippen molar-refractivity contribution in [3.8, 4) is 0 Å². The molecule has 0 aliphatic carbocycles. The number of sulfone groups is 1. The van der Waals surface area contributed by atoms with Crippen molar-refractivity contribution in [3.05, 3.63) is 0 Å². The third kappa shape index (κ3) is 4.57. The molecule has 0 bridgehead atoms. The van der Waals surface area contributed by atoms with Gasteiger partial charge in [-0.1, -0.05) is 0 Å². The van der Waals surface area contributed by atoms with Crippen LogP contribution in [0.2, 0.25) is 0 Å². The minimum Gasteiger partial charge on any atom is -0.354 e. The molecule has 0 aromatic heterocycles. The van der Waals surface area contributed by atoms with Crippen molar-refractivity contribution in [2.45, 2.75) is 31.5 Å². The number of hydrogen-bond acceptors (Lipinski definition) is 4. The summed E-state index contributed by atoms with van der Waals surface area (Å²) in [6, 6.07) is -0.624. The third-order valence-electron chi connectivity index (χ3n) is 4.09. The Morgan fingerprint density at radius 1 is 1.24 bits per heavy atom. The molecular formula is C12H19F3N2O3S. The summed E-state index contributed by atoms with van der Waals surface area (Å²) in [5.41, 5.74) is 0. The summed E-state index contributed by atoms with van der Waals surface area (Å²) in [7, 11) is -2.98. The smallest absolute Gasteiger partial charge is 0.354 e. The molecule has 2 N–H and O–H groups in total. The zero-order valence-electron chi connectivity index (χ0n) is 11.4. The molecule has 3 unspecified atom stereocenters.